The van der Waals surface area contributed by atoms with E-state index in [1.54, 1.807) is 6.20 Å². The quantitative estimate of drug-likeness (QED) is 0.894. The zero-order valence-corrected chi connectivity index (χ0v) is 12.5. The zero-order chi connectivity index (χ0) is 15.6. The first-order valence-corrected chi connectivity index (χ1v) is 7.72. The van der Waals surface area contributed by atoms with E-state index in [1.807, 2.05) is 18.2 Å². The summed E-state index contributed by atoms with van der Waals surface area (Å²) in [4.78, 5) is 15.6. The molecule has 3 atom stereocenters. The van der Waals surface area contributed by atoms with E-state index < -0.39 is 0 Å². The summed E-state index contributed by atoms with van der Waals surface area (Å²) < 4.78 is 11.9. The molecule has 0 saturated heterocycles. The average molecular weight is 309 g/mol. The number of carbonyl (C=O) groups is 1. The Balaban J connectivity index is 1.47. The molecule has 2 N–H and O–H groups in total. The van der Waals surface area contributed by atoms with Gasteiger partial charge in [0.05, 0.1) is 12.1 Å². The van der Waals surface area contributed by atoms with E-state index in [0.29, 0.717) is 36.1 Å². The van der Waals surface area contributed by atoms with E-state index in [1.165, 1.54) is 5.56 Å². The minimum atomic E-state index is -0.245. The molecule has 2 aromatic rings. The van der Waals surface area contributed by atoms with Gasteiger partial charge in [-0.1, -0.05) is 6.92 Å². The number of pyridine rings is 1. The number of hydrogen-bond donors (Lipinski definition) is 2. The van der Waals surface area contributed by atoms with Crippen molar-refractivity contribution in [2.45, 2.75) is 25.5 Å². The molecule has 1 aromatic carbocycles. The van der Waals surface area contributed by atoms with Crippen molar-refractivity contribution in [1.29, 1.82) is 0 Å². The van der Waals surface area contributed by atoms with Crippen LogP contribution in [-0.2, 0) is 6.54 Å². The minimum absolute atomic E-state index is 0.245. The van der Waals surface area contributed by atoms with E-state index in [-0.39, 0.29) is 6.03 Å². The van der Waals surface area contributed by atoms with Crippen LogP contribution in [0.2, 0.25) is 0 Å². The SMILES string of the molecule is C[C@@H]1[C@H]2Oc3ccc(Oc4ccnc5c4CNC(=O)N5)cc3[C@@H]12. The number of amides is 2. The fourth-order valence-electron chi connectivity index (χ4n) is 3.47. The molecule has 1 fully saturated rings. The van der Waals surface area contributed by atoms with E-state index >= 15 is 0 Å². The van der Waals surface area contributed by atoms with Crippen molar-refractivity contribution in [3.8, 4) is 17.2 Å². The van der Waals surface area contributed by atoms with Crippen LogP contribution in [0.3, 0.4) is 0 Å². The fraction of sp³-hybridized carbons (Fsp3) is 0.294. The largest absolute Gasteiger partial charge is 0.489 e. The van der Waals surface area contributed by atoms with Crippen molar-refractivity contribution < 1.29 is 14.3 Å². The minimum Gasteiger partial charge on any atom is -0.489 e. The highest BCUT2D eigenvalue weighted by atomic mass is 16.5. The van der Waals surface area contributed by atoms with Gasteiger partial charge in [-0.3, -0.25) is 5.32 Å². The number of nitrogens with one attached hydrogen (secondary N) is 2. The third kappa shape index (κ3) is 1.87. The Kier molecular flexibility index (Phi) is 2.43. The number of hydrogen-bond acceptors (Lipinski definition) is 4. The Morgan fingerprint density at radius 1 is 1.35 bits per heavy atom. The Hall–Kier alpha value is -2.76. The second kappa shape index (κ2) is 4.38. The van der Waals surface area contributed by atoms with Gasteiger partial charge in [0.2, 0.25) is 0 Å². The molecule has 1 aliphatic carbocycles. The lowest BCUT2D eigenvalue weighted by Crippen LogP contribution is -2.34. The molecule has 2 aliphatic heterocycles. The molecule has 6 nitrogen and oxygen atoms in total. The van der Waals surface area contributed by atoms with Crippen LogP contribution in [0.4, 0.5) is 10.6 Å². The fourth-order valence-corrected chi connectivity index (χ4v) is 3.47. The third-order valence-electron chi connectivity index (χ3n) is 4.80. The molecule has 23 heavy (non-hydrogen) atoms. The molecular formula is C17H15N3O3. The predicted octanol–water partition coefficient (Wildman–Crippen LogP) is 3.00. The van der Waals surface area contributed by atoms with Crippen LogP contribution in [0.1, 0.15) is 24.0 Å². The normalized spacial score (nSPS) is 26.1. The van der Waals surface area contributed by atoms with Gasteiger partial charge in [0.15, 0.2) is 0 Å². The van der Waals surface area contributed by atoms with Crippen LogP contribution in [0.15, 0.2) is 30.5 Å². The Bertz CT molecular complexity index is 836. The van der Waals surface area contributed by atoms with Crippen molar-refractivity contribution in [3.05, 3.63) is 41.6 Å². The Morgan fingerprint density at radius 3 is 3.17 bits per heavy atom. The standard InChI is InChI=1S/C17H15N3O3/c1-8-14-10-6-9(2-3-12(10)23-15(8)14)22-13-4-5-18-16-11(13)7-19-17(21)20-16/h2-6,8,14-15H,7H2,1H3,(H2,18,19,20,21)/t8-,14+,15+/m0/s1. The van der Waals surface area contributed by atoms with Crippen LogP contribution in [0.25, 0.3) is 0 Å². The summed E-state index contributed by atoms with van der Waals surface area (Å²) in [6.07, 6.45) is 1.98. The number of nitrogens with zero attached hydrogens (tertiary/aromatic N) is 1. The van der Waals surface area contributed by atoms with Gasteiger partial charge >= 0.3 is 6.03 Å². The van der Waals surface area contributed by atoms with E-state index in [9.17, 15) is 4.79 Å². The number of urea groups is 1. The Morgan fingerprint density at radius 2 is 2.26 bits per heavy atom. The zero-order valence-electron chi connectivity index (χ0n) is 12.5. The third-order valence-corrected chi connectivity index (χ3v) is 4.80. The second-order valence-electron chi connectivity index (χ2n) is 6.21. The molecule has 1 aromatic heterocycles. The number of ether oxygens (including phenoxy) is 2. The first kappa shape index (κ1) is 12.8. The lowest BCUT2D eigenvalue weighted by atomic mass is 10.1. The number of benzene rings is 1. The molecule has 3 heterocycles. The first-order chi connectivity index (χ1) is 11.2. The van der Waals surface area contributed by atoms with E-state index in [4.69, 9.17) is 9.47 Å². The molecular weight excluding hydrogens is 294 g/mol. The smallest absolute Gasteiger partial charge is 0.320 e. The Labute approximate surface area is 132 Å². The predicted molar refractivity (Wildman–Crippen MR) is 82.9 cm³/mol. The maximum absolute atomic E-state index is 11.4. The van der Waals surface area contributed by atoms with Gasteiger partial charge in [-0.2, -0.15) is 0 Å². The summed E-state index contributed by atoms with van der Waals surface area (Å²) in [5, 5.41) is 5.42. The van der Waals surface area contributed by atoms with Crippen molar-refractivity contribution >= 4 is 11.8 Å². The topological polar surface area (TPSA) is 72.5 Å². The summed E-state index contributed by atoms with van der Waals surface area (Å²) >= 11 is 0. The van der Waals surface area contributed by atoms with E-state index in [2.05, 4.69) is 28.6 Å². The molecule has 0 bridgehead atoms. The van der Waals surface area contributed by atoms with Gasteiger partial charge in [-0.25, -0.2) is 9.78 Å². The highest BCUT2D eigenvalue weighted by Crippen LogP contribution is 2.58. The maximum Gasteiger partial charge on any atom is 0.320 e. The molecule has 0 spiro atoms. The lowest BCUT2D eigenvalue weighted by Gasteiger charge is -2.20. The molecule has 6 heteroatoms. The van der Waals surface area contributed by atoms with Crippen LogP contribution in [0, 0.1) is 5.92 Å². The second-order valence-corrected chi connectivity index (χ2v) is 6.21. The highest BCUT2D eigenvalue weighted by molar-refractivity contribution is 5.91. The molecule has 116 valence electrons. The van der Waals surface area contributed by atoms with Crippen LogP contribution >= 0.6 is 0 Å². The number of aromatic nitrogens is 1. The first-order valence-electron chi connectivity index (χ1n) is 7.72. The number of anilines is 1. The van der Waals surface area contributed by atoms with Gasteiger partial charge < -0.3 is 14.8 Å². The number of carbonyl (C=O) groups excluding carboxylic acids is 1. The van der Waals surface area contributed by atoms with Crippen molar-refractivity contribution in [2.24, 2.45) is 5.92 Å². The number of fused-ring (bicyclic) bond motifs is 4. The highest BCUT2D eigenvalue weighted by Gasteiger charge is 2.55. The molecule has 5 rings (SSSR count). The van der Waals surface area contributed by atoms with Crippen LogP contribution in [0.5, 0.6) is 17.2 Å². The van der Waals surface area contributed by atoms with Crippen LogP contribution in [-0.4, -0.2) is 17.1 Å². The summed E-state index contributed by atoms with van der Waals surface area (Å²) in [7, 11) is 0. The van der Waals surface area contributed by atoms with Crippen molar-refractivity contribution in [1.82, 2.24) is 10.3 Å². The van der Waals surface area contributed by atoms with Crippen molar-refractivity contribution in [3.63, 3.8) is 0 Å². The molecule has 0 unspecified atom stereocenters. The van der Waals surface area contributed by atoms with Gasteiger partial charge in [0.25, 0.3) is 0 Å². The summed E-state index contributed by atoms with van der Waals surface area (Å²) in [5.74, 6) is 4.08. The average Bonchev–Trinajstić information content (AvgIpc) is 3.02. The van der Waals surface area contributed by atoms with Gasteiger partial charge in [0.1, 0.15) is 29.2 Å². The summed E-state index contributed by atoms with van der Waals surface area (Å²) in [6, 6.07) is 7.51. The monoisotopic (exact) mass is 309 g/mol. The molecule has 2 amide bonds. The van der Waals surface area contributed by atoms with Gasteiger partial charge in [-0.05, 0) is 24.3 Å². The number of rotatable bonds is 2. The lowest BCUT2D eigenvalue weighted by molar-refractivity contribution is 0.250. The van der Waals surface area contributed by atoms with Gasteiger partial charge in [0, 0.05) is 23.6 Å². The molecule has 3 aliphatic rings. The molecule has 1 saturated carbocycles. The van der Waals surface area contributed by atoms with Crippen molar-refractivity contribution in [2.75, 3.05) is 5.32 Å². The van der Waals surface area contributed by atoms with Crippen LogP contribution < -0.4 is 20.1 Å². The maximum atomic E-state index is 11.4. The molecule has 0 radical (unpaired) electrons. The van der Waals surface area contributed by atoms with Gasteiger partial charge in [-0.15, -0.1) is 0 Å². The summed E-state index contributed by atoms with van der Waals surface area (Å²) in [6.45, 7) is 2.61. The van der Waals surface area contributed by atoms with E-state index in [0.717, 1.165) is 17.1 Å². The summed E-state index contributed by atoms with van der Waals surface area (Å²) in [5.41, 5.74) is 2.08.